The van der Waals surface area contributed by atoms with Crippen molar-refractivity contribution >= 4 is 23.9 Å². The predicted molar refractivity (Wildman–Crippen MR) is 117 cm³/mol. The van der Waals surface area contributed by atoms with Crippen LogP contribution in [0.1, 0.15) is 31.9 Å². The van der Waals surface area contributed by atoms with Crippen molar-refractivity contribution in [2.45, 2.75) is 26.4 Å². The third-order valence-corrected chi connectivity index (χ3v) is 5.52. The quantitative estimate of drug-likeness (QED) is 0.770. The Labute approximate surface area is 173 Å². The summed E-state index contributed by atoms with van der Waals surface area (Å²) in [5, 5.41) is 0. The smallest absolute Gasteiger partial charge is 0.410 e. The molecule has 2 fully saturated rings. The number of amides is 1. The zero-order chi connectivity index (χ0) is 20.4. The lowest BCUT2D eigenvalue weighted by molar-refractivity contribution is 0.0282. The van der Waals surface area contributed by atoms with Crippen LogP contribution in [0.25, 0.3) is 12.2 Å². The van der Waals surface area contributed by atoms with E-state index in [1.54, 1.807) is 0 Å². The van der Waals surface area contributed by atoms with Crippen LogP contribution in [-0.2, 0) is 4.74 Å². The summed E-state index contributed by atoms with van der Waals surface area (Å²) in [6.45, 7) is 9.20. The number of ether oxygens (including phenoxy) is 1. The van der Waals surface area contributed by atoms with Gasteiger partial charge in [0.2, 0.25) is 0 Å². The number of hydrogen-bond donors (Lipinski definition) is 0. The SMILES string of the molecule is CC(C)(C)OC(=O)N1CC2CN(c3cncc(/C=C/c4ccccc4)c3)CC2C1. The van der Waals surface area contributed by atoms with Crippen molar-refractivity contribution in [3.05, 3.63) is 59.9 Å². The van der Waals surface area contributed by atoms with Gasteiger partial charge >= 0.3 is 6.09 Å². The van der Waals surface area contributed by atoms with Gasteiger partial charge in [0.05, 0.1) is 11.9 Å². The molecule has 0 aliphatic carbocycles. The van der Waals surface area contributed by atoms with Crippen LogP contribution in [0.3, 0.4) is 0 Å². The van der Waals surface area contributed by atoms with Gasteiger partial charge in [-0.3, -0.25) is 4.98 Å². The number of aromatic nitrogens is 1. The third kappa shape index (κ3) is 4.78. The van der Waals surface area contributed by atoms with E-state index in [2.05, 4.69) is 40.2 Å². The Balaban J connectivity index is 1.37. The molecule has 0 spiro atoms. The van der Waals surface area contributed by atoms with Crippen LogP contribution in [0.5, 0.6) is 0 Å². The molecule has 5 nitrogen and oxygen atoms in total. The minimum absolute atomic E-state index is 0.187. The number of hydrogen-bond acceptors (Lipinski definition) is 4. The van der Waals surface area contributed by atoms with E-state index in [-0.39, 0.29) is 6.09 Å². The Hall–Kier alpha value is -2.82. The van der Waals surface area contributed by atoms with Crippen molar-refractivity contribution in [3.63, 3.8) is 0 Å². The highest BCUT2D eigenvalue weighted by atomic mass is 16.6. The van der Waals surface area contributed by atoms with Crippen LogP contribution in [0.15, 0.2) is 48.8 Å². The Morgan fingerprint density at radius 1 is 1.00 bits per heavy atom. The first kappa shape index (κ1) is 19.5. The van der Waals surface area contributed by atoms with E-state index < -0.39 is 5.60 Å². The molecule has 2 aliphatic rings. The highest BCUT2D eigenvalue weighted by Crippen LogP contribution is 2.34. The van der Waals surface area contributed by atoms with Crippen LogP contribution >= 0.6 is 0 Å². The van der Waals surface area contributed by atoms with E-state index in [9.17, 15) is 4.79 Å². The Bertz CT molecular complexity index is 874. The summed E-state index contributed by atoms with van der Waals surface area (Å²) >= 11 is 0. The van der Waals surface area contributed by atoms with Gasteiger partial charge in [-0.2, -0.15) is 0 Å². The molecule has 29 heavy (non-hydrogen) atoms. The van der Waals surface area contributed by atoms with Gasteiger partial charge in [0.1, 0.15) is 5.60 Å². The van der Waals surface area contributed by atoms with Crippen LogP contribution < -0.4 is 4.90 Å². The lowest BCUT2D eigenvalue weighted by Gasteiger charge is -2.26. The molecule has 0 N–H and O–H groups in total. The molecule has 0 saturated carbocycles. The number of rotatable bonds is 3. The summed E-state index contributed by atoms with van der Waals surface area (Å²) in [7, 11) is 0. The normalized spacial score (nSPS) is 21.6. The summed E-state index contributed by atoms with van der Waals surface area (Å²) in [6.07, 6.45) is 7.86. The first-order valence-corrected chi connectivity index (χ1v) is 10.3. The summed E-state index contributed by atoms with van der Waals surface area (Å²) in [6, 6.07) is 12.5. The van der Waals surface area contributed by atoms with Crippen molar-refractivity contribution < 1.29 is 9.53 Å². The molecule has 2 saturated heterocycles. The highest BCUT2D eigenvalue weighted by Gasteiger charge is 2.42. The number of carbonyl (C=O) groups excluding carboxylic acids is 1. The lowest BCUT2D eigenvalue weighted by Crippen LogP contribution is -2.37. The Kier molecular flexibility index (Phi) is 5.31. The predicted octanol–water partition coefficient (Wildman–Crippen LogP) is 4.56. The molecule has 4 rings (SSSR count). The number of nitrogens with zero attached hydrogens (tertiary/aromatic N) is 3. The fourth-order valence-electron chi connectivity index (χ4n) is 4.15. The van der Waals surface area contributed by atoms with Crippen molar-refractivity contribution in [2.24, 2.45) is 11.8 Å². The van der Waals surface area contributed by atoms with Gasteiger partial charge in [0.15, 0.2) is 0 Å². The molecule has 2 atom stereocenters. The molecule has 1 aromatic carbocycles. The fraction of sp³-hybridized carbons (Fsp3) is 0.417. The van der Waals surface area contributed by atoms with Crippen molar-refractivity contribution in [3.8, 4) is 0 Å². The molecule has 1 aromatic heterocycles. The summed E-state index contributed by atoms with van der Waals surface area (Å²) < 4.78 is 5.53. The maximum absolute atomic E-state index is 12.3. The fourth-order valence-corrected chi connectivity index (χ4v) is 4.15. The van der Waals surface area contributed by atoms with Crippen LogP contribution in [0.2, 0.25) is 0 Å². The second kappa shape index (κ2) is 7.90. The minimum atomic E-state index is -0.444. The maximum atomic E-state index is 12.3. The van der Waals surface area contributed by atoms with Gasteiger partial charge in [-0.1, -0.05) is 42.5 Å². The van der Waals surface area contributed by atoms with Gasteiger partial charge in [-0.25, -0.2) is 4.79 Å². The number of likely N-dealkylation sites (tertiary alicyclic amines) is 1. The van der Waals surface area contributed by atoms with E-state index in [0.29, 0.717) is 11.8 Å². The van der Waals surface area contributed by atoms with Crippen molar-refractivity contribution in [1.82, 2.24) is 9.88 Å². The summed E-state index contributed by atoms with van der Waals surface area (Å²) in [5.41, 5.74) is 2.98. The van der Waals surface area contributed by atoms with Crippen molar-refractivity contribution in [1.29, 1.82) is 0 Å². The summed E-state index contributed by atoms with van der Waals surface area (Å²) in [5.74, 6) is 0.983. The number of fused-ring (bicyclic) bond motifs is 1. The monoisotopic (exact) mass is 391 g/mol. The van der Waals surface area contributed by atoms with Gasteiger partial charge in [-0.05, 0) is 38.0 Å². The molecular weight excluding hydrogens is 362 g/mol. The van der Waals surface area contributed by atoms with E-state index >= 15 is 0 Å². The molecule has 3 heterocycles. The standard InChI is InChI=1S/C24H29N3O2/c1-24(2,3)29-23(28)27-16-20-14-26(15-21(20)17-27)22-11-19(12-25-13-22)10-9-18-7-5-4-6-8-18/h4-13,20-21H,14-17H2,1-3H3/b10-9+. The molecule has 0 radical (unpaired) electrons. The number of benzene rings is 1. The Morgan fingerprint density at radius 2 is 1.66 bits per heavy atom. The average Bonchev–Trinajstić information content (AvgIpc) is 3.25. The van der Waals surface area contributed by atoms with Gasteiger partial charge < -0.3 is 14.5 Å². The molecular formula is C24H29N3O2. The second-order valence-corrected chi connectivity index (χ2v) is 9.03. The van der Waals surface area contributed by atoms with Gasteiger partial charge in [0.25, 0.3) is 0 Å². The van der Waals surface area contributed by atoms with Crippen LogP contribution in [0, 0.1) is 11.8 Å². The van der Waals surface area contributed by atoms with Crippen LogP contribution in [0.4, 0.5) is 10.5 Å². The van der Waals surface area contributed by atoms with Gasteiger partial charge in [0, 0.05) is 44.2 Å². The van der Waals surface area contributed by atoms with E-state index in [1.165, 1.54) is 5.56 Å². The third-order valence-electron chi connectivity index (χ3n) is 5.52. The summed E-state index contributed by atoms with van der Waals surface area (Å²) in [4.78, 5) is 21.1. The Morgan fingerprint density at radius 3 is 2.31 bits per heavy atom. The zero-order valence-corrected chi connectivity index (χ0v) is 17.4. The average molecular weight is 392 g/mol. The van der Waals surface area contributed by atoms with E-state index in [4.69, 9.17) is 4.74 Å². The molecule has 2 aromatic rings. The number of carbonyl (C=O) groups is 1. The zero-order valence-electron chi connectivity index (χ0n) is 17.4. The largest absolute Gasteiger partial charge is 0.444 e. The second-order valence-electron chi connectivity index (χ2n) is 9.03. The molecule has 152 valence electrons. The molecule has 2 unspecified atom stereocenters. The topological polar surface area (TPSA) is 45.7 Å². The first-order chi connectivity index (χ1) is 13.9. The van der Waals surface area contributed by atoms with E-state index in [0.717, 1.165) is 37.4 Å². The minimum Gasteiger partial charge on any atom is -0.444 e. The lowest BCUT2D eigenvalue weighted by atomic mass is 10.0. The van der Waals surface area contributed by atoms with Gasteiger partial charge in [-0.15, -0.1) is 0 Å². The maximum Gasteiger partial charge on any atom is 0.410 e. The molecule has 0 bridgehead atoms. The molecule has 1 amide bonds. The number of anilines is 1. The first-order valence-electron chi connectivity index (χ1n) is 10.3. The van der Waals surface area contributed by atoms with Crippen LogP contribution in [-0.4, -0.2) is 47.8 Å². The highest BCUT2D eigenvalue weighted by molar-refractivity contribution is 5.71. The van der Waals surface area contributed by atoms with Crippen molar-refractivity contribution in [2.75, 3.05) is 31.1 Å². The molecule has 2 aliphatic heterocycles. The van der Waals surface area contributed by atoms with E-state index in [1.807, 2.05) is 56.3 Å². The number of pyridine rings is 1. The molecule has 5 heteroatoms.